The number of hydrogen-bond acceptors (Lipinski definition) is 4. The molecular weight excluding hydrogens is 386 g/mol. The van der Waals surface area contributed by atoms with Gasteiger partial charge in [0.25, 0.3) is 0 Å². The van der Waals surface area contributed by atoms with Gasteiger partial charge in [0.1, 0.15) is 5.75 Å². The van der Waals surface area contributed by atoms with E-state index in [0.29, 0.717) is 6.54 Å². The molecular formula is C26H29N3O2. The number of piperazine rings is 1. The summed E-state index contributed by atoms with van der Waals surface area (Å²) in [5.74, 6) is 0.739. The third kappa shape index (κ3) is 5.51. The van der Waals surface area contributed by atoms with E-state index in [2.05, 4.69) is 75.8 Å². The number of anilines is 1. The first-order chi connectivity index (χ1) is 15.2. The number of nitrogens with one attached hydrogen (secondary N) is 1. The van der Waals surface area contributed by atoms with Crippen LogP contribution in [-0.4, -0.2) is 55.5 Å². The summed E-state index contributed by atoms with van der Waals surface area (Å²) in [4.78, 5) is 17.3. The third-order valence-corrected chi connectivity index (χ3v) is 5.72. The molecule has 0 unspecified atom stereocenters. The average molecular weight is 416 g/mol. The van der Waals surface area contributed by atoms with Crippen molar-refractivity contribution in [1.29, 1.82) is 0 Å². The Bertz CT molecular complexity index is 931. The second kappa shape index (κ2) is 10.2. The van der Waals surface area contributed by atoms with E-state index >= 15 is 0 Å². The molecule has 1 fully saturated rings. The first kappa shape index (κ1) is 21.1. The van der Waals surface area contributed by atoms with Gasteiger partial charge in [-0.2, -0.15) is 0 Å². The van der Waals surface area contributed by atoms with Gasteiger partial charge in [-0.25, -0.2) is 0 Å². The molecule has 0 aromatic heterocycles. The lowest BCUT2D eigenvalue weighted by Crippen LogP contribution is -2.49. The van der Waals surface area contributed by atoms with Crippen LogP contribution < -0.4 is 10.1 Å². The molecule has 5 heteroatoms. The fourth-order valence-electron chi connectivity index (χ4n) is 4.17. The molecule has 1 aliphatic heterocycles. The van der Waals surface area contributed by atoms with Crippen LogP contribution in [-0.2, 0) is 4.79 Å². The van der Waals surface area contributed by atoms with Crippen molar-refractivity contribution in [2.24, 2.45) is 0 Å². The van der Waals surface area contributed by atoms with Crippen molar-refractivity contribution in [1.82, 2.24) is 9.80 Å². The van der Waals surface area contributed by atoms with Crippen LogP contribution in [0.5, 0.6) is 5.75 Å². The molecule has 1 aliphatic rings. The number of nitrogens with zero attached hydrogens (tertiary/aromatic N) is 2. The Hall–Kier alpha value is -3.15. The van der Waals surface area contributed by atoms with E-state index < -0.39 is 0 Å². The fraction of sp³-hybridized carbons (Fsp3) is 0.269. The molecule has 0 saturated carbocycles. The van der Waals surface area contributed by atoms with Crippen LogP contribution in [0.2, 0.25) is 0 Å². The second-order valence-corrected chi connectivity index (χ2v) is 7.82. The lowest BCUT2D eigenvalue weighted by Gasteiger charge is -2.39. The number of ether oxygens (including phenoxy) is 1. The highest BCUT2D eigenvalue weighted by atomic mass is 16.5. The summed E-state index contributed by atoms with van der Waals surface area (Å²) in [6.45, 7) is 3.96. The number of methoxy groups -OCH3 is 1. The topological polar surface area (TPSA) is 44.8 Å². The predicted molar refractivity (Wildman–Crippen MR) is 124 cm³/mol. The monoisotopic (exact) mass is 415 g/mol. The lowest BCUT2D eigenvalue weighted by atomic mass is 9.96. The Morgan fingerprint density at radius 3 is 2.06 bits per heavy atom. The highest BCUT2D eigenvalue weighted by Gasteiger charge is 2.27. The van der Waals surface area contributed by atoms with E-state index in [1.807, 2.05) is 24.3 Å². The second-order valence-electron chi connectivity index (χ2n) is 7.82. The van der Waals surface area contributed by atoms with Crippen LogP contribution in [0.25, 0.3) is 0 Å². The molecule has 160 valence electrons. The number of hydrogen-bond donors (Lipinski definition) is 1. The quantitative estimate of drug-likeness (QED) is 0.633. The summed E-state index contributed by atoms with van der Waals surface area (Å²) in [5, 5.41) is 2.98. The minimum atomic E-state index is 0.00405. The van der Waals surface area contributed by atoms with Crippen LogP contribution in [0.3, 0.4) is 0 Å². The zero-order valence-corrected chi connectivity index (χ0v) is 17.9. The summed E-state index contributed by atoms with van der Waals surface area (Å²) in [6.07, 6.45) is 0. The number of amides is 1. The summed E-state index contributed by atoms with van der Waals surface area (Å²) >= 11 is 0. The van der Waals surface area contributed by atoms with E-state index in [4.69, 9.17) is 4.74 Å². The van der Waals surface area contributed by atoms with Gasteiger partial charge in [-0.15, -0.1) is 0 Å². The summed E-state index contributed by atoms with van der Waals surface area (Å²) in [5.41, 5.74) is 3.37. The van der Waals surface area contributed by atoms with Crippen molar-refractivity contribution in [3.8, 4) is 5.75 Å². The molecule has 0 spiro atoms. The smallest absolute Gasteiger partial charge is 0.238 e. The van der Waals surface area contributed by atoms with Crippen molar-refractivity contribution < 1.29 is 9.53 Å². The first-order valence-corrected chi connectivity index (χ1v) is 10.7. The average Bonchev–Trinajstić information content (AvgIpc) is 2.82. The largest absolute Gasteiger partial charge is 0.497 e. The molecule has 3 aromatic carbocycles. The maximum atomic E-state index is 12.5. The maximum Gasteiger partial charge on any atom is 0.238 e. The zero-order chi connectivity index (χ0) is 21.5. The van der Waals surface area contributed by atoms with Gasteiger partial charge in [-0.1, -0.05) is 66.7 Å². The molecule has 1 amide bonds. The van der Waals surface area contributed by atoms with E-state index in [1.54, 1.807) is 7.11 Å². The van der Waals surface area contributed by atoms with Gasteiger partial charge in [0, 0.05) is 37.9 Å². The molecule has 0 radical (unpaired) electrons. The third-order valence-electron chi connectivity index (χ3n) is 5.72. The van der Waals surface area contributed by atoms with Gasteiger partial charge < -0.3 is 10.1 Å². The first-order valence-electron chi connectivity index (χ1n) is 10.7. The molecule has 0 bridgehead atoms. The standard InChI is InChI=1S/C26H29N3O2/c1-31-24-14-8-13-23(19-24)27-25(30)20-28-15-17-29(18-16-28)26(21-9-4-2-5-10-21)22-11-6-3-7-12-22/h2-14,19,26H,15-18,20H2,1H3,(H,27,30). The maximum absolute atomic E-state index is 12.5. The van der Waals surface area contributed by atoms with Crippen LogP contribution in [0.1, 0.15) is 17.2 Å². The normalized spacial score (nSPS) is 15.0. The van der Waals surface area contributed by atoms with E-state index in [9.17, 15) is 4.79 Å². The molecule has 0 aliphatic carbocycles. The van der Waals surface area contributed by atoms with E-state index in [-0.39, 0.29) is 11.9 Å². The molecule has 1 heterocycles. The number of rotatable bonds is 7. The Labute approximate surface area is 184 Å². The number of carbonyl (C=O) groups is 1. The van der Waals surface area contributed by atoms with Gasteiger partial charge >= 0.3 is 0 Å². The van der Waals surface area contributed by atoms with Gasteiger partial charge in [0.05, 0.1) is 19.7 Å². The molecule has 1 N–H and O–H groups in total. The predicted octanol–water partition coefficient (Wildman–Crippen LogP) is 4.04. The van der Waals surface area contributed by atoms with Gasteiger partial charge in [0.2, 0.25) is 5.91 Å². The summed E-state index contributed by atoms with van der Waals surface area (Å²) in [6, 6.07) is 29.0. The molecule has 0 atom stereocenters. The Kier molecular flexibility index (Phi) is 6.97. The Balaban J connectivity index is 1.37. The lowest BCUT2D eigenvalue weighted by molar-refractivity contribution is -0.117. The van der Waals surface area contributed by atoms with E-state index in [0.717, 1.165) is 37.6 Å². The van der Waals surface area contributed by atoms with Crippen molar-refractivity contribution >= 4 is 11.6 Å². The zero-order valence-electron chi connectivity index (χ0n) is 17.9. The van der Waals surface area contributed by atoms with Crippen molar-refractivity contribution in [2.75, 3.05) is 45.2 Å². The van der Waals surface area contributed by atoms with E-state index in [1.165, 1.54) is 11.1 Å². The van der Waals surface area contributed by atoms with Gasteiger partial charge in [-0.05, 0) is 23.3 Å². The Morgan fingerprint density at radius 1 is 0.871 bits per heavy atom. The van der Waals surface area contributed by atoms with Crippen molar-refractivity contribution in [2.45, 2.75) is 6.04 Å². The summed E-state index contributed by atoms with van der Waals surface area (Å²) in [7, 11) is 1.62. The number of carbonyl (C=O) groups excluding carboxylic acids is 1. The fourth-order valence-corrected chi connectivity index (χ4v) is 4.17. The minimum Gasteiger partial charge on any atom is -0.497 e. The minimum absolute atomic E-state index is 0.00405. The van der Waals surface area contributed by atoms with Crippen LogP contribution in [0.4, 0.5) is 5.69 Å². The van der Waals surface area contributed by atoms with Crippen LogP contribution in [0, 0.1) is 0 Å². The van der Waals surface area contributed by atoms with Crippen molar-refractivity contribution in [3.63, 3.8) is 0 Å². The molecule has 3 aromatic rings. The van der Waals surface area contributed by atoms with Crippen LogP contribution >= 0.6 is 0 Å². The van der Waals surface area contributed by atoms with Gasteiger partial charge in [0.15, 0.2) is 0 Å². The Morgan fingerprint density at radius 2 is 1.48 bits per heavy atom. The molecule has 1 saturated heterocycles. The highest BCUT2D eigenvalue weighted by molar-refractivity contribution is 5.92. The number of benzene rings is 3. The van der Waals surface area contributed by atoms with Crippen molar-refractivity contribution in [3.05, 3.63) is 96.1 Å². The molecule has 5 nitrogen and oxygen atoms in total. The SMILES string of the molecule is COc1cccc(NC(=O)CN2CCN(C(c3ccccc3)c3ccccc3)CC2)c1. The van der Waals surface area contributed by atoms with Crippen LogP contribution in [0.15, 0.2) is 84.9 Å². The summed E-state index contributed by atoms with van der Waals surface area (Å²) < 4.78 is 5.23. The molecule has 31 heavy (non-hydrogen) atoms. The highest BCUT2D eigenvalue weighted by Crippen LogP contribution is 2.29. The molecule has 4 rings (SSSR count). The van der Waals surface area contributed by atoms with Gasteiger partial charge in [-0.3, -0.25) is 14.6 Å².